The lowest BCUT2D eigenvalue weighted by molar-refractivity contribution is -0.173. The molecule has 2 aliphatic rings. The van der Waals surface area contributed by atoms with Gasteiger partial charge < -0.3 is 10.1 Å². The minimum absolute atomic E-state index is 0.472. The first-order valence-electron chi connectivity index (χ1n) is 8.21. The van der Waals surface area contributed by atoms with Crippen LogP contribution in [0.2, 0.25) is 0 Å². The van der Waals surface area contributed by atoms with E-state index in [2.05, 4.69) is 43.4 Å². The first-order valence-corrected chi connectivity index (χ1v) is 8.21. The summed E-state index contributed by atoms with van der Waals surface area (Å²) in [5, 5.41) is 3.77. The summed E-state index contributed by atoms with van der Waals surface area (Å²) in [4.78, 5) is 0. The highest BCUT2D eigenvalue weighted by atomic mass is 16.5. The van der Waals surface area contributed by atoms with Crippen LogP contribution >= 0.6 is 0 Å². The quantitative estimate of drug-likeness (QED) is 0.853. The van der Waals surface area contributed by atoms with Crippen molar-refractivity contribution in [3.63, 3.8) is 0 Å². The van der Waals surface area contributed by atoms with Crippen LogP contribution in [-0.2, 0) is 17.7 Å². The highest BCUT2D eigenvalue weighted by molar-refractivity contribution is 5.23. The second kappa shape index (κ2) is 5.87. The van der Waals surface area contributed by atoms with E-state index in [9.17, 15) is 0 Å². The zero-order valence-electron chi connectivity index (χ0n) is 12.8. The Morgan fingerprint density at radius 2 is 1.85 bits per heavy atom. The number of benzene rings is 1. The Morgan fingerprint density at radius 3 is 2.40 bits per heavy atom. The molecular formula is C18H27NO. The summed E-state index contributed by atoms with van der Waals surface area (Å²) in [5.41, 5.74) is 3.29. The Morgan fingerprint density at radius 1 is 1.15 bits per heavy atom. The molecule has 2 nitrogen and oxygen atoms in total. The third-order valence-electron chi connectivity index (χ3n) is 5.42. The molecule has 2 unspecified atom stereocenters. The van der Waals surface area contributed by atoms with Gasteiger partial charge in [-0.05, 0) is 43.7 Å². The van der Waals surface area contributed by atoms with Crippen molar-refractivity contribution in [2.24, 2.45) is 5.41 Å². The molecule has 0 saturated heterocycles. The Hall–Kier alpha value is -0.860. The molecule has 1 aromatic carbocycles. The van der Waals surface area contributed by atoms with Gasteiger partial charge in [-0.25, -0.2) is 0 Å². The lowest BCUT2D eigenvalue weighted by Gasteiger charge is -2.61. The van der Waals surface area contributed by atoms with Gasteiger partial charge in [0, 0.05) is 24.6 Å². The van der Waals surface area contributed by atoms with Gasteiger partial charge in [0.1, 0.15) is 0 Å². The van der Waals surface area contributed by atoms with Gasteiger partial charge in [-0.1, -0.05) is 37.6 Å². The van der Waals surface area contributed by atoms with Gasteiger partial charge in [-0.2, -0.15) is 0 Å². The van der Waals surface area contributed by atoms with Crippen molar-refractivity contribution >= 4 is 0 Å². The third kappa shape index (κ3) is 2.40. The second-order valence-electron chi connectivity index (χ2n) is 6.37. The summed E-state index contributed by atoms with van der Waals surface area (Å²) in [6, 6.07) is 9.69. The Bertz CT molecular complexity index is 435. The van der Waals surface area contributed by atoms with Crippen molar-refractivity contribution in [3.8, 4) is 0 Å². The highest BCUT2D eigenvalue weighted by Gasteiger charge is 2.58. The second-order valence-corrected chi connectivity index (χ2v) is 6.37. The predicted octanol–water partition coefficient (Wildman–Crippen LogP) is 3.69. The first kappa shape index (κ1) is 14.1. The Kier molecular flexibility index (Phi) is 4.13. The molecular weight excluding hydrogens is 246 g/mol. The first-order chi connectivity index (χ1) is 9.78. The van der Waals surface area contributed by atoms with E-state index < -0.39 is 0 Å². The van der Waals surface area contributed by atoms with E-state index in [1.165, 1.54) is 36.8 Å². The number of ether oxygens (including phenoxy) is 1. The third-order valence-corrected chi connectivity index (χ3v) is 5.42. The number of aryl methyl sites for hydroxylation is 1. The lowest BCUT2D eigenvalue weighted by Crippen LogP contribution is -2.66. The van der Waals surface area contributed by atoms with Gasteiger partial charge in [0.15, 0.2) is 0 Å². The maximum absolute atomic E-state index is 5.91. The van der Waals surface area contributed by atoms with Crippen LogP contribution < -0.4 is 5.32 Å². The topological polar surface area (TPSA) is 21.3 Å². The van der Waals surface area contributed by atoms with Gasteiger partial charge >= 0.3 is 0 Å². The molecule has 1 aromatic rings. The van der Waals surface area contributed by atoms with Gasteiger partial charge in [-0.3, -0.25) is 0 Å². The largest absolute Gasteiger partial charge is 0.378 e. The smallest absolute Gasteiger partial charge is 0.0661 e. The molecule has 2 atom stereocenters. The zero-order chi connectivity index (χ0) is 14.0. The van der Waals surface area contributed by atoms with Gasteiger partial charge in [0.25, 0.3) is 0 Å². The minimum atomic E-state index is 0.472. The van der Waals surface area contributed by atoms with Crippen molar-refractivity contribution in [2.45, 2.75) is 64.6 Å². The minimum Gasteiger partial charge on any atom is -0.378 e. The van der Waals surface area contributed by atoms with Crippen LogP contribution in [0.1, 0.15) is 50.7 Å². The molecule has 0 amide bonds. The molecule has 0 radical (unpaired) electrons. The summed E-state index contributed by atoms with van der Waals surface area (Å²) in [6.07, 6.45) is 6.92. The number of nitrogens with one attached hydrogen (secondary N) is 1. The standard InChI is InChI=1S/C18H27NO/c1-3-14-6-8-15(9-7-14)13-19-16-12-17(20-4-2)18(16)10-5-11-18/h6-9,16-17,19H,3-5,10-13H2,1-2H3. The van der Waals surface area contributed by atoms with Crippen molar-refractivity contribution in [1.29, 1.82) is 0 Å². The van der Waals surface area contributed by atoms with E-state index in [0.717, 1.165) is 19.6 Å². The molecule has 0 bridgehead atoms. The zero-order valence-corrected chi connectivity index (χ0v) is 12.8. The number of rotatable bonds is 6. The fourth-order valence-electron chi connectivity index (χ4n) is 3.86. The van der Waals surface area contributed by atoms with Crippen LogP contribution in [0, 0.1) is 5.41 Å². The molecule has 0 heterocycles. The van der Waals surface area contributed by atoms with Crippen LogP contribution in [0.4, 0.5) is 0 Å². The van der Waals surface area contributed by atoms with E-state index in [0.29, 0.717) is 17.6 Å². The average Bonchev–Trinajstić information content (AvgIpc) is 2.41. The predicted molar refractivity (Wildman–Crippen MR) is 82.8 cm³/mol. The van der Waals surface area contributed by atoms with Crippen LogP contribution in [-0.4, -0.2) is 18.8 Å². The van der Waals surface area contributed by atoms with E-state index >= 15 is 0 Å². The van der Waals surface area contributed by atoms with Crippen LogP contribution in [0.15, 0.2) is 24.3 Å². The molecule has 2 saturated carbocycles. The normalized spacial score (nSPS) is 27.1. The summed E-state index contributed by atoms with van der Waals surface area (Å²) in [6.45, 7) is 6.17. The van der Waals surface area contributed by atoms with E-state index in [-0.39, 0.29) is 0 Å². The van der Waals surface area contributed by atoms with Crippen LogP contribution in [0.25, 0.3) is 0 Å². The Labute approximate surface area is 122 Å². The summed E-state index contributed by atoms with van der Waals surface area (Å²) in [5.74, 6) is 0. The average molecular weight is 273 g/mol. The van der Waals surface area contributed by atoms with Gasteiger partial charge in [0.05, 0.1) is 6.10 Å². The molecule has 20 heavy (non-hydrogen) atoms. The number of hydrogen-bond donors (Lipinski definition) is 1. The number of hydrogen-bond acceptors (Lipinski definition) is 2. The van der Waals surface area contributed by atoms with Crippen LogP contribution in [0.5, 0.6) is 0 Å². The van der Waals surface area contributed by atoms with Crippen molar-refractivity contribution in [2.75, 3.05) is 6.61 Å². The SMILES string of the molecule is CCOC1CC(NCc2ccc(CC)cc2)C12CCC2. The maximum atomic E-state index is 5.91. The molecule has 110 valence electrons. The van der Waals surface area contributed by atoms with Gasteiger partial charge in [-0.15, -0.1) is 0 Å². The van der Waals surface area contributed by atoms with Gasteiger partial charge in [0.2, 0.25) is 0 Å². The summed E-state index contributed by atoms with van der Waals surface area (Å²) < 4.78 is 5.91. The van der Waals surface area contributed by atoms with E-state index in [4.69, 9.17) is 4.74 Å². The molecule has 0 aliphatic heterocycles. The van der Waals surface area contributed by atoms with E-state index in [1.54, 1.807) is 0 Å². The maximum Gasteiger partial charge on any atom is 0.0661 e. The van der Waals surface area contributed by atoms with Crippen molar-refractivity contribution in [1.82, 2.24) is 5.32 Å². The van der Waals surface area contributed by atoms with Crippen molar-refractivity contribution in [3.05, 3.63) is 35.4 Å². The van der Waals surface area contributed by atoms with Crippen LogP contribution in [0.3, 0.4) is 0 Å². The van der Waals surface area contributed by atoms with Crippen molar-refractivity contribution < 1.29 is 4.74 Å². The Balaban J connectivity index is 1.53. The molecule has 3 rings (SSSR count). The fourth-order valence-corrected chi connectivity index (χ4v) is 3.86. The summed E-state index contributed by atoms with van der Waals surface area (Å²) in [7, 11) is 0. The highest BCUT2D eigenvalue weighted by Crippen LogP contribution is 2.57. The molecule has 1 spiro atoms. The van der Waals surface area contributed by atoms with E-state index in [1.807, 2.05) is 0 Å². The molecule has 2 heteroatoms. The molecule has 2 fully saturated rings. The fraction of sp³-hybridized carbons (Fsp3) is 0.667. The molecule has 2 aliphatic carbocycles. The summed E-state index contributed by atoms with van der Waals surface area (Å²) >= 11 is 0. The monoisotopic (exact) mass is 273 g/mol. The molecule has 1 N–H and O–H groups in total. The lowest BCUT2D eigenvalue weighted by atomic mass is 9.51. The molecule has 0 aromatic heterocycles.